The third kappa shape index (κ3) is 2.72. The maximum atomic E-state index is 5.80. The van der Waals surface area contributed by atoms with Crippen LogP contribution >= 0.6 is 15.9 Å². The lowest BCUT2D eigenvalue weighted by molar-refractivity contribution is -0.00522. The highest BCUT2D eigenvalue weighted by Crippen LogP contribution is 2.42. The van der Waals surface area contributed by atoms with Gasteiger partial charge in [0.2, 0.25) is 0 Å². The van der Waals surface area contributed by atoms with Gasteiger partial charge in [-0.1, -0.05) is 15.9 Å². The summed E-state index contributed by atoms with van der Waals surface area (Å²) >= 11 is 3.65. The van der Waals surface area contributed by atoms with Gasteiger partial charge in [-0.15, -0.1) is 0 Å². The number of ether oxygens (including phenoxy) is 1. The summed E-state index contributed by atoms with van der Waals surface area (Å²) in [6.07, 6.45) is 3.34. The van der Waals surface area contributed by atoms with Crippen molar-refractivity contribution in [2.45, 2.75) is 44.8 Å². The molecule has 0 spiro atoms. The Bertz CT molecular complexity index is 434. The molecule has 1 aliphatic heterocycles. The fourth-order valence-corrected chi connectivity index (χ4v) is 3.32. The molecule has 3 rings (SSSR count). The highest BCUT2D eigenvalue weighted by Gasteiger charge is 2.26. The summed E-state index contributed by atoms with van der Waals surface area (Å²) in [6, 6.07) is 6.87. The van der Waals surface area contributed by atoms with E-state index in [0.29, 0.717) is 12.2 Å². The van der Waals surface area contributed by atoms with Crippen molar-refractivity contribution in [3.8, 4) is 0 Å². The van der Waals surface area contributed by atoms with Crippen LogP contribution < -0.4 is 4.90 Å². The first-order valence-corrected chi connectivity index (χ1v) is 7.62. The lowest BCUT2D eigenvalue weighted by Gasteiger charge is -2.37. The van der Waals surface area contributed by atoms with Crippen LogP contribution in [0.3, 0.4) is 0 Å². The van der Waals surface area contributed by atoms with Gasteiger partial charge in [0.1, 0.15) is 0 Å². The van der Waals surface area contributed by atoms with Crippen LogP contribution in [0.4, 0.5) is 5.69 Å². The Labute approximate surface area is 117 Å². The highest BCUT2D eigenvalue weighted by atomic mass is 79.9. The van der Waals surface area contributed by atoms with Crippen molar-refractivity contribution in [3.05, 3.63) is 28.2 Å². The average Bonchev–Trinajstić information content (AvgIpc) is 3.10. The van der Waals surface area contributed by atoms with Crippen molar-refractivity contribution >= 4 is 21.6 Å². The van der Waals surface area contributed by atoms with Gasteiger partial charge >= 0.3 is 0 Å². The molecule has 1 aromatic rings. The molecular weight excluding hydrogens is 290 g/mol. The lowest BCUT2D eigenvalue weighted by atomic mass is 10.1. The summed E-state index contributed by atoms with van der Waals surface area (Å²) in [5.41, 5.74) is 2.83. The summed E-state index contributed by atoms with van der Waals surface area (Å²) in [5.74, 6) is 0.803. The van der Waals surface area contributed by atoms with E-state index in [2.05, 4.69) is 52.9 Å². The minimum atomic E-state index is 0.317. The molecule has 0 N–H and O–H groups in total. The molecule has 0 radical (unpaired) electrons. The third-order valence-electron chi connectivity index (χ3n) is 3.74. The fraction of sp³-hybridized carbons (Fsp3) is 0.600. The zero-order valence-electron chi connectivity index (χ0n) is 11.0. The van der Waals surface area contributed by atoms with Gasteiger partial charge in [0, 0.05) is 23.2 Å². The quantitative estimate of drug-likeness (QED) is 0.820. The molecule has 1 saturated carbocycles. The Kier molecular flexibility index (Phi) is 3.37. The minimum absolute atomic E-state index is 0.317. The Morgan fingerprint density at radius 1 is 1.11 bits per heavy atom. The summed E-state index contributed by atoms with van der Waals surface area (Å²) < 4.78 is 7.01. The molecule has 1 saturated heterocycles. The molecule has 0 amide bonds. The molecule has 2 atom stereocenters. The van der Waals surface area contributed by atoms with Crippen LogP contribution in [0.1, 0.15) is 38.2 Å². The van der Waals surface area contributed by atoms with E-state index in [1.807, 2.05) is 0 Å². The van der Waals surface area contributed by atoms with E-state index in [1.54, 1.807) is 0 Å². The van der Waals surface area contributed by atoms with Crippen LogP contribution in [0, 0.1) is 0 Å². The van der Waals surface area contributed by atoms with E-state index >= 15 is 0 Å². The highest BCUT2D eigenvalue weighted by molar-refractivity contribution is 9.10. The van der Waals surface area contributed by atoms with Gasteiger partial charge < -0.3 is 9.64 Å². The summed E-state index contributed by atoms with van der Waals surface area (Å²) in [6.45, 7) is 6.29. The van der Waals surface area contributed by atoms with Crippen molar-refractivity contribution in [1.29, 1.82) is 0 Å². The molecule has 0 bridgehead atoms. The largest absolute Gasteiger partial charge is 0.372 e. The fourth-order valence-electron chi connectivity index (χ4n) is 2.82. The smallest absolute Gasteiger partial charge is 0.0726 e. The van der Waals surface area contributed by atoms with E-state index in [1.165, 1.54) is 28.6 Å². The second kappa shape index (κ2) is 4.86. The van der Waals surface area contributed by atoms with E-state index in [-0.39, 0.29) is 0 Å². The van der Waals surface area contributed by atoms with Crippen LogP contribution in [0.15, 0.2) is 22.7 Å². The standard InChI is InChI=1S/C15H20BrNO/c1-10-8-17(9-11(2)18-10)15-6-13(12-3-4-12)5-14(16)7-15/h5-7,10-12H,3-4,8-9H2,1-2H3/t10-,11+. The first kappa shape index (κ1) is 12.5. The van der Waals surface area contributed by atoms with Crippen molar-refractivity contribution in [3.63, 3.8) is 0 Å². The van der Waals surface area contributed by atoms with E-state index in [4.69, 9.17) is 4.74 Å². The van der Waals surface area contributed by atoms with Gasteiger partial charge in [-0.2, -0.15) is 0 Å². The Balaban J connectivity index is 1.86. The number of morpholine rings is 1. The molecule has 0 aromatic heterocycles. The zero-order chi connectivity index (χ0) is 12.7. The summed E-state index contributed by atoms with van der Waals surface area (Å²) in [5, 5.41) is 0. The molecule has 1 aliphatic carbocycles. The molecule has 0 unspecified atom stereocenters. The van der Waals surface area contributed by atoms with E-state index < -0.39 is 0 Å². The van der Waals surface area contributed by atoms with Crippen molar-refractivity contribution in [2.75, 3.05) is 18.0 Å². The van der Waals surface area contributed by atoms with Crippen LogP contribution in [0.25, 0.3) is 0 Å². The monoisotopic (exact) mass is 309 g/mol. The molecule has 2 nitrogen and oxygen atoms in total. The molecule has 1 aromatic carbocycles. The predicted molar refractivity (Wildman–Crippen MR) is 78.3 cm³/mol. The second-order valence-electron chi connectivity index (χ2n) is 5.68. The van der Waals surface area contributed by atoms with Gasteiger partial charge in [0.15, 0.2) is 0 Å². The Hall–Kier alpha value is -0.540. The van der Waals surface area contributed by atoms with E-state index in [0.717, 1.165) is 19.0 Å². The Morgan fingerprint density at radius 2 is 1.78 bits per heavy atom. The van der Waals surface area contributed by atoms with Crippen molar-refractivity contribution < 1.29 is 4.74 Å². The second-order valence-corrected chi connectivity index (χ2v) is 6.60. The average molecular weight is 310 g/mol. The number of nitrogens with zero attached hydrogens (tertiary/aromatic N) is 1. The van der Waals surface area contributed by atoms with Gasteiger partial charge in [0.05, 0.1) is 12.2 Å². The van der Waals surface area contributed by atoms with Gasteiger partial charge in [0.25, 0.3) is 0 Å². The first-order chi connectivity index (χ1) is 8.61. The van der Waals surface area contributed by atoms with Crippen LogP contribution in [0.5, 0.6) is 0 Å². The minimum Gasteiger partial charge on any atom is -0.372 e. The number of rotatable bonds is 2. The van der Waals surface area contributed by atoms with Crippen molar-refractivity contribution in [1.82, 2.24) is 0 Å². The van der Waals surface area contributed by atoms with Crippen molar-refractivity contribution in [2.24, 2.45) is 0 Å². The molecule has 18 heavy (non-hydrogen) atoms. The van der Waals surface area contributed by atoms with Gasteiger partial charge in [-0.05, 0) is 56.4 Å². The number of benzene rings is 1. The molecule has 3 heteroatoms. The Morgan fingerprint density at radius 3 is 2.39 bits per heavy atom. The van der Waals surface area contributed by atoms with Crippen LogP contribution in [-0.2, 0) is 4.74 Å². The van der Waals surface area contributed by atoms with Crippen LogP contribution in [0.2, 0.25) is 0 Å². The maximum Gasteiger partial charge on any atom is 0.0726 e. The summed E-state index contributed by atoms with van der Waals surface area (Å²) in [4.78, 5) is 2.45. The lowest BCUT2D eigenvalue weighted by Crippen LogP contribution is -2.45. The topological polar surface area (TPSA) is 12.5 Å². The molecule has 2 fully saturated rings. The zero-order valence-corrected chi connectivity index (χ0v) is 12.6. The number of hydrogen-bond donors (Lipinski definition) is 0. The summed E-state index contributed by atoms with van der Waals surface area (Å²) in [7, 11) is 0. The molecule has 2 aliphatic rings. The normalized spacial score (nSPS) is 28.5. The van der Waals surface area contributed by atoms with E-state index in [9.17, 15) is 0 Å². The SMILES string of the molecule is C[C@@H]1CN(c2cc(Br)cc(C3CC3)c2)C[C@H](C)O1. The molecule has 1 heterocycles. The molecule has 98 valence electrons. The first-order valence-electron chi connectivity index (χ1n) is 6.82. The number of anilines is 1. The molecular formula is C15H20BrNO. The third-order valence-corrected chi connectivity index (χ3v) is 4.20. The van der Waals surface area contributed by atoms with Crippen LogP contribution in [-0.4, -0.2) is 25.3 Å². The maximum absolute atomic E-state index is 5.80. The van der Waals surface area contributed by atoms with Gasteiger partial charge in [-0.25, -0.2) is 0 Å². The predicted octanol–water partition coefficient (Wildman–Crippen LogP) is 3.94. The number of halogens is 1. The number of hydrogen-bond acceptors (Lipinski definition) is 2. The van der Waals surface area contributed by atoms with Gasteiger partial charge in [-0.3, -0.25) is 0 Å².